The van der Waals surface area contributed by atoms with E-state index in [0.29, 0.717) is 36.4 Å². The number of phenols is 1. The van der Waals surface area contributed by atoms with Crippen molar-refractivity contribution in [2.24, 2.45) is 17.3 Å². The molecule has 5 atom stereocenters. The number of hydrogen-bond donors (Lipinski definition) is 1. The molecule has 0 spiro atoms. The van der Waals surface area contributed by atoms with Crippen LogP contribution in [0.3, 0.4) is 0 Å². The third-order valence-corrected chi connectivity index (χ3v) is 7.54. The fourth-order valence-electron chi connectivity index (χ4n) is 6.25. The first-order chi connectivity index (χ1) is 12.6. The molecule has 26 heavy (non-hydrogen) atoms. The van der Waals surface area contributed by atoms with Gasteiger partial charge in [-0.1, -0.05) is 6.92 Å². The predicted octanol–water partition coefficient (Wildman–Crippen LogP) is 4.29. The van der Waals surface area contributed by atoms with Gasteiger partial charge in [0, 0.05) is 7.11 Å². The van der Waals surface area contributed by atoms with Crippen LogP contribution in [0.15, 0.2) is 12.1 Å². The molecule has 0 aliphatic heterocycles. The monoisotopic (exact) mass is 360 g/mol. The zero-order valence-electron chi connectivity index (χ0n) is 16.3. The molecule has 2 saturated carbocycles. The number of hydrogen-bond acceptors (Lipinski definition) is 4. The minimum atomic E-state index is 0.276. The number of methoxy groups -OCH3 is 2. The second-order valence-corrected chi connectivity index (χ2v) is 8.61. The maximum Gasteiger partial charge on any atom is 0.160 e. The van der Waals surface area contributed by atoms with Gasteiger partial charge in [0.1, 0.15) is 0 Å². The first-order valence-electron chi connectivity index (χ1n) is 10.1. The van der Waals surface area contributed by atoms with E-state index in [1.807, 2.05) is 6.07 Å². The van der Waals surface area contributed by atoms with Crippen LogP contribution in [0.1, 0.15) is 56.1 Å². The van der Waals surface area contributed by atoms with E-state index in [1.165, 1.54) is 43.2 Å². The van der Waals surface area contributed by atoms with Crippen molar-refractivity contribution in [2.75, 3.05) is 27.4 Å². The van der Waals surface area contributed by atoms with E-state index in [-0.39, 0.29) is 5.75 Å². The van der Waals surface area contributed by atoms with Gasteiger partial charge in [0.25, 0.3) is 0 Å². The highest BCUT2D eigenvalue weighted by atomic mass is 16.5. The van der Waals surface area contributed by atoms with Crippen LogP contribution in [0.5, 0.6) is 11.5 Å². The second-order valence-electron chi connectivity index (χ2n) is 8.61. The van der Waals surface area contributed by atoms with Crippen LogP contribution in [0.25, 0.3) is 0 Å². The molecule has 0 bridgehead atoms. The molecule has 3 aliphatic rings. The molecule has 1 N–H and O–H groups in total. The highest BCUT2D eigenvalue weighted by Gasteiger charge is 2.55. The number of aryl methyl sites for hydroxylation is 1. The van der Waals surface area contributed by atoms with Crippen LogP contribution in [0.4, 0.5) is 0 Å². The SMILES string of the molecule is COCCO[C@H]1CCC2C3CCc4cc(O)c(OC)cc4C3CC[C@@]21C. The molecule has 3 aliphatic carbocycles. The summed E-state index contributed by atoms with van der Waals surface area (Å²) < 4.78 is 16.8. The molecule has 0 amide bonds. The van der Waals surface area contributed by atoms with Crippen LogP contribution >= 0.6 is 0 Å². The Morgan fingerprint density at radius 3 is 2.73 bits per heavy atom. The summed E-state index contributed by atoms with van der Waals surface area (Å²) in [7, 11) is 3.37. The normalized spacial score (nSPS) is 35.5. The number of rotatable bonds is 5. The van der Waals surface area contributed by atoms with Gasteiger partial charge in [0.2, 0.25) is 0 Å². The van der Waals surface area contributed by atoms with Crippen molar-refractivity contribution in [2.45, 2.75) is 57.5 Å². The summed E-state index contributed by atoms with van der Waals surface area (Å²) in [5.74, 6) is 2.96. The standard InChI is InChI=1S/C22H32O4/c1-22-9-8-15-16(18(22)6-7-21(22)26-11-10-24-2)5-4-14-12-19(23)20(25-3)13-17(14)15/h12-13,15-16,18,21,23H,4-11H2,1-3H3/t15?,16?,18?,21-,22-/m0/s1. The Kier molecular flexibility index (Phi) is 4.91. The second kappa shape index (κ2) is 7.05. The molecule has 0 saturated heterocycles. The molecule has 3 unspecified atom stereocenters. The van der Waals surface area contributed by atoms with E-state index < -0.39 is 0 Å². The van der Waals surface area contributed by atoms with Gasteiger partial charge in [0.05, 0.1) is 26.4 Å². The summed E-state index contributed by atoms with van der Waals surface area (Å²) in [6.07, 6.45) is 7.56. The maximum atomic E-state index is 10.1. The number of benzene rings is 1. The van der Waals surface area contributed by atoms with Crippen LogP contribution in [0.2, 0.25) is 0 Å². The van der Waals surface area contributed by atoms with Crippen LogP contribution in [0, 0.1) is 17.3 Å². The van der Waals surface area contributed by atoms with E-state index in [9.17, 15) is 5.11 Å². The average Bonchev–Trinajstić information content (AvgIpc) is 2.98. The first kappa shape index (κ1) is 18.1. The van der Waals surface area contributed by atoms with Gasteiger partial charge < -0.3 is 19.3 Å². The molecule has 4 nitrogen and oxygen atoms in total. The molecular weight excluding hydrogens is 328 g/mol. The molecule has 0 heterocycles. The lowest BCUT2D eigenvalue weighted by Gasteiger charge is -2.50. The topological polar surface area (TPSA) is 47.9 Å². The quantitative estimate of drug-likeness (QED) is 0.796. The highest BCUT2D eigenvalue weighted by Crippen LogP contribution is 2.61. The fourth-order valence-corrected chi connectivity index (χ4v) is 6.25. The summed E-state index contributed by atoms with van der Waals surface area (Å²) in [5.41, 5.74) is 3.04. The predicted molar refractivity (Wildman–Crippen MR) is 101 cm³/mol. The highest BCUT2D eigenvalue weighted by molar-refractivity contribution is 5.49. The molecule has 2 fully saturated rings. The molecule has 1 aromatic rings. The van der Waals surface area contributed by atoms with Gasteiger partial charge in [-0.2, -0.15) is 0 Å². The Morgan fingerprint density at radius 1 is 1.12 bits per heavy atom. The number of phenolic OH excluding ortho intramolecular Hbond substituents is 1. The number of aromatic hydroxyl groups is 1. The van der Waals surface area contributed by atoms with Gasteiger partial charge in [-0.15, -0.1) is 0 Å². The minimum Gasteiger partial charge on any atom is -0.504 e. The van der Waals surface area contributed by atoms with Crippen molar-refractivity contribution in [3.63, 3.8) is 0 Å². The number of fused-ring (bicyclic) bond motifs is 5. The van der Waals surface area contributed by atoms with Crippen molar-refractivity contribution < 1.29 is 19.3 Å². The fraction of sp³-hybridized carbons (Fsp3) is 0.727. The van der Waals surface area contributed by atoms with Gasteiger partial charge >= 0.3 is 0 Å². The molecule has 4 rings (SSSR count). The summed E-state index contributed by atoms with van der Waals surface area (Å²) in [6.45, 7) is 3.85. The Balaban J connectivity index is 1.57. The van der Waals surface area contributed by atoms with E-state index in [0.717, 1.165) is 18.3 Å². The molecule has 1 aromatic carbocycles. The van der Waals surface area contributed by atoms with Crippen molar-refractivity contribution >= 4 is 0 Å². The lowest BCUT2D eigenvalue weighted by atomic mass is 9.55. The Bertz CT molecular complexity index is 658. The molecule has 0 aromatic heterocycles. The summed E-state index contributed by atoms with van der Waals surface area (Å²) in [4.78, 5) is 0. The van der Waals surface area contributed by atoms with Crippen LogP contribution < -0.4 is 4.74 Å². The average molecular weight is 360 g/mol. The number of ether oxygens (including phenoxy) is 3. The van der Waals surface area contributed by atoms with Crippen molar-refractivity contribution in [1.29, 1.82) is 0 Å². The van der Waals surface area contributed by atoms with Gasteiger partial charge in [-0.25, -0.2) is 0 Å². The zero-order valence-corrected chi connectivity index (χ0v) is 16.3. The minimum absolute atomic E-state index is 0.276. The van der Waals surface area contributed by atoms with Gasteiger partial charge in [0.15, 0.2) is 11.5 Å². The van der Waals surface area contributed by atoms with Crippen molar-refractivity contribution in [3.8, 4) is 11.5 Å². The van der Waals surface area contributed by atoms with Crippen LogP contribution in [-0.4, -0.2) is 38.6 Å². The molecule has 4 heteroatoms. The maximum absolute atomic E-state index is 10.1. The Labute approximate surface area is 156 Å². The zero-order chi connectivity index (χ0) is 18.3. The molecular formula is C22H32O4. The Hall–Kier alpha value is -1.26. The lowest BCUT2D eigenvalue weighted by molar-refractivity contribution is -0.0739. The van der Waals surface area contributed by atoms with E-state index in [2.05, 4.69) is 13.0 Å². The van der Waals surface area contributed by atoms with Gasteiger partial charge in [-0.05, 0) is 85.0 Å². The van der Waals surface area contributed by atoms with Crippen LogP contribution in [-0.2, 0) is 15.9 Å². The molecule has 0 radical (unpaired) electrons. The largest absolute Gasteiger partial charge is 0.504 e. The third kappa shape index (κ3) is 2.82. The van der Waals surface area contributed by atoms with E-state index >= 15 is 0 Å². The summed E-state index contributed by atoms with van der Waals surface area (Å²) in [6, 6.07) is 4.04. The van der Waals surface area contributed by atoms with E-state index in [1.54, 1.807) is 14.2 Å². The smallest absolute Gasteiger partial charge is 0.160 e. The van der Waals surface area contributed by atoms with Crippen molar-refractivity contribution in [1.82, 2.24) is 0 Å². The molecule has 144 valence electrons. The first-order valence-corrected chi connectivity index (χ1v) is 10.1. The van der Waals surface area contributed by atoms with Gasteiger partial charge in [-0.3, -0.25) is 0 Å². The lowest BCUT2D eigenvalue weighted by Crippen LogP contribution is -2.44. The summed E-state index contributed by atoms with van der Waals surface area (Å²) in [5, 5.41) is 10.1. The Morgan fingerprint density at radius 2 is 1.96 bits per heavy atom. The van der Waals surface area contributed by atoms with Crippen molar-refractivity contribution in [3.05, 3.63) is 23.3 Å². The third-order valence-electron chi connectivity index (χ3n) is 7.54. The summed E-state index contributed by atoms with van der Waals surface area (Å²) >= 11 is 0. The van der Waals surface area contributed by atoms with E-state index in [4.69, 9.17) is 14.2 Å².